The molecule has 0 bridgehead atoms. The molecule has 10 heteroatoms. The second-order valence-corrected chi connectivity index (χ2v) is 7.69. The Labute approximate surface area is 175 Å². The molecule has 0 atom stereocenters. The first-order valence-electron chi connectivity index (χ1n) is 9.70. The van der Waals surface area contributed by atoms with Crippen LogP contribution in [0.25, 0.3) is 10.9 Å². The van der Waals surface area contributed by atoms with Gasteiger partial charge in [-0.25, -0.2) is 8.78 Å². The molecule has 1 aliphatic heterocycles. The van der Waals surface area contributed by atoms with Crippen molar-refractivity contribution in [2.45, 2.75) is 38.9 Å². The fourth-order valence-electron chi connectivity index (χ4n) is 3.77. The number of nitrogens with one attached hydrogen (secondary N) is 1. The van der Waals surface area contributed by atoms with Crippen LogP contribution in [0.4, 0.5) is 33.5 Å². The molecular formula is C21H20F5N5. The summed E-state index contributed by atoms with van der Waals surface area (Å²) in [5.41, 5.74) is 1.56. The molecule has 0 radical (unpaired) electrons. The zero-order valence-electron chi connectivity index (χ0n) is 16.9. The van der Waals surface area contributed by atoms with Crippen molar-refractivity contribution in [1.29, 1.82) is 0 Å². The van der Waals surface area contributed by atoms with E-state index in [0.29, 0.717) is 33.7 Å². The quantitative estimate of drug-likeness (QED) is 0.575. The summed E-state index contributed by atoms with van der Waals surface area (Å²) in [6, 6.07) is 5.73. The molecule has 1 N–H and O–H groups in total. The lowest BCUT2D eigenvalue weighted by atomic mass is 10.0. The summed E-state index contributed by atoms with van der Waals surface area (Å²) >= 11 is 0. The van der Waals surface area contributed by atoms with Crippen LogP contribution >= 0.6 is 0 Å². The van der Waals surface area contributed by atoms with Crippen LogP contribution in [0.2, 0.25) is 0 Å². The first-order valence-corrected chi connectivity index (χ1v) is 9.70. The van der Waals surface area contributed by atoms with Crippen molar-refractivity contribution >= 4 is 22.4 Å². The molecule has 2 aromatic heterocycles. The molecule has 164 valence electrons. The van der Waals surface area contributed by atoms with E-state index in [1.165, 1.54) is 19.2 Å². The first-order chi connectivity index (χ1) is 14.5. The monoisotopic (exact) mass is 437 g/mol. The lowest BCUT2D eigenvalue weighted by Gasteiger charge is -2.19. The molecule has 1 saturated heterocycles. The zero-order chi connectivity index (χ0) is 22.4. The number of rotatable bonds is 4. The van der Waals surface area contributed by atoms with Crippen molar-refractivity contribution in [3.63, 3.8) is 0 Å². The number of benzene rings is 1. The van der Waals surface area contributed by atoms with Crippen molar-refractivity contribution in [2.24, 2.45) is 0 Å². The molecule has 5 nitrogen and oxygen atoms in total. The maximum absolute atomic E-state index is 13.6. The third-order valence-electron chi connectivity index (χ3n) is 5.50. The second-order valence-electron chi connectivity index (χ2n) is 7.69. The van der Waals surface area contributed by atoms with Crippen molar-refractivity contribution in [2.75, 3.05) is 23.3 Å². The molecule has 3 heterocycles. The standard InChI is InChI=1S/C21H20F5N5/c1-12-14(4-3-5-17(12)21(24,25)26)9-28-19-16-8-15(31-7-6-20(22,23)11-31)10-27-18(16)13(2)29-30-19/h3-5,8,10H,6-7,9,11H2,1-2H3,(H,28,30). The molecule has 4 rings (SSSR count). The van der Waals surface area contributed by atoms with E-state index in [0.717, 1.165) is 6.07 Å². The molecule has 3 aromatic rings. The van der Waals surface area contributed by atoms with Crippen LogP contribution < -0.4 is 10.2 Å². The van der Waals surface area contributed by atoms with Crippen LogP contribution in [-0.4, -0.2) is 34.2 Å². The van der Waals surface area contributed by atoms with E-state index in [2.05, 4.69) is 20.5 Å². The maximum Gasteiger partial charge on any atom is 0.416 e. The predicted octanol–water partition coefficient (Wildman–Crippen LogP) is 5.12. The van der Waals surface area contributed by atoms with Gasteiger partial charge in [-0.2, -0.15) is 18.3 Å². The minimum absolute atomic E-state index is 0.0919. The van der Waals surface area contributed by atoms with Gasteiger partial charge in [-0.05, 0) is 37.1 Å². The number of fused-ring (bicyclic) bond motifs is 1. The topological polar surface area (TPSA) is 53.9 Å². The number of nitrogens with zero attached hydrogens (tertiary/aromatic N) is 4. The smallest absolute Gasteiger partial charge is 0.364 e. The molecule has 0 saturated carbocycles. The summed E-state index contributed by atoms with van der Waals surface area (Å²) in [5.74, 6) is -2.42. The number of aryl methyl sites for hydroxylation is 1. The second kappa shape index (κ2) is 7.58. The molecule has 1 aromatic carbocycles. The van der Waals surface area contributed by atoms with E-state index in [4.69, 9.17) is 0 Å². The van der Waals surface area contributed by atoms with Crippen molar-refractivity contribution in [1.82, 2.24) is 15.2 Å². The van der Waals surface area contributed by atoms with E-state index in [1.54, 1.807) is 24.0 Å². The first kappa shape index (κ1) is 21.2. The van der Waals surface area contributed by atoms with Crippen molar-refractivity contribution in [3.05, 3.63) is 52.8 Å². The lowest BCUT2D eigenvalue weighted by molar-refractivity contribution is -0.138. The number of alkyl halides is 5. The fraction of sp³-hybridized carbons (Fsp3) is 0.381. The number of pyridine rings is 1. The van der Waals surface area contributed by atoms with E-state index < -0.39 is 17.7 Å². The Balaban J connectivity index is 1.65. The summed E-state index contributed by atoms with van der Waals surface area (Å²) < 4.78 is 66.8. The van der Waals surface area contributed by atoms with Crippen LogP contribution in [0.15, 0.2) is 30.5 Å². The molecule has 1 fully saturated rings. The highest BCUT2D eigenvalue weighted by Crippen LogP contribution is 2.34. The summed E-state index contributed by atoms with van der Waals surface area (Å²) in [5, 5.41) is 11.8. The van der Waals surface area contributed by atoms with Crippen molar-refractivity contribution in [3.8, 4) is 0 Å². The lowest BCUT2D eigenvalue weighted by Crippen LogP contribution is -2.24. The summed E-state index contributed by atoms with van der Waals surface area (Å²) in [4.78, 5) is 5.93. The highest BCUT2D eigenvalue weighted by Gasteiger charge is 2.38. The minimum atomic E-state index is -4.44. The van der Waals surface area contributed by atoms with Gasteiger partial charge in [0.2, 0.25) is 0 Å². The maximum atomic E-state index is 13.6. The number of anilines is 2. The summed E-state index contributed by atoms with van der Waals surface area (Å²) in [7, 11) is 0. The third-order valence-corrected chi connectivity index (χ3v) is 5.50. The largest absolute Gasteiger partial charge is 0.416 e. The summed E-state index contributed by atoms with van der Waals surface area (Å²) in [6.07, 6.45) is -3.13. The van der Waals surface area contributed by atoms with Gasteiger partial charge in [0.05, 0.1) is 35.2 Å². The predicted molar refractivity (Wildman–Crippen MR) is 107 cm³/mol. The molecular weight excluding hydrogens is 417 g/mol. The van der Waals surface area contributed by atoms with E-state index in [-0.39, 0.29) is 31.6 Å². The average Bonchev–Trinajstić information content (AvgIpc) is 3.07. The van der Waals surface area contributed by atoms with Gasteiger partial charge in [0.15, 0.2) is 5.82 Å². The van der Waals surface area contributed by atoms with Gasteiger partial charge < -0.3 is 10.2 Å². The van der Waals surface area contributed by atoms with Gasteiger partial charge in [0, 0.05) is 24.9 Å². The SMILES string of the molecule is Cc1c(CNc2nnc(C)c3ncc(N4CCC(F)(F)C4)cc23)cccc1C(F)(F)F. The number of halogens is 5. The Kier molecular flexibility index (Phi) is 5.18. The van der Waals surface area contributed by atoms with E-state index >= 15 is 0 Å². The zero-order valence-corrected chi connectivity index (χ0v) is 16.9. The fourth-order valence-corrected chi connectivity index (χ4v) is 3.77. The molecule has 0 unspecified atom stereocenters. The Morgan fingerprint density at radius 2 is 1.94 bits per heavy atom. The van der Waals surface area contributed by atoms with Crippen LogP contribution in [-0.2, 0) is 12.7 Å². The Morgan fingerprint density at radius 3 is 2.61 bits per heavy atom. The number of hydrogen-bond donors (Lipinski definition) is 1. The third kappa shape index (κ3) is 4.24. The molecule has 1 aliphatic rings. The van der Waals surface area contributed by atoms with E-state index in [1.807, 2.05) is 0 Å². The van der Waals surface area contributed by atoms with Crippen molar-refractivity contribution < 1.29 is 22.0 Å². The van der Waals surface area contributed by atoms with Gasteiger partial charge in [-0.15, -0.1) is 5.10 Å². The van der Waals surface area contributed by atoms with Crippen LogP contribution in [0.3, 0.4) is 0 Å². The highest BCUT2D eigenvalue weighted by atomic mass is 19.4. The Hall–Kier alpha value is -3.04. The van der Waals surface area contributed by atoms with Gasteiger partial charge in [0.1, 0.15) is 0 Å². The Bertz CT molecular complexity index is 1130. The van der Waals surface area contributed by atoms with Crippen LogP contribution in [0.1, 0.15) is 28.8 Å². The van der Waals surface area contributed by atoms with Gasteiger partial charge in [-0.1, -0.05) is 12.1 Å². The van der Waals surface area contributed by atoms with Gasteiger partial charge in [-0.3, -0.25) is 4.98 Å². The molecule has 31 heavy (non-hydrogen) atoms. The van der Waals surface area contributed by atoms with Gasteiger partial charge >= 0.3 is 6.18 Å². The normalized spacial score (nSPS) is 16.2. The minimum Gasteiger partial charge on any atom is -0.364 e. The summed E-state index contributed by atoms with van der Waals surface area (Å²) in [6.45, 7) is 3.07. The number of hydrogen-bond acceptors (Lipinski definition) is 5. The Morgan fingerprint density at radius 1 is 1.16 bits per heavy atom. The molecule has 0 aliphatic carbocycles. The van der Waals surface area contributed by atoms with E-state index in [9.17, 15) is 22.0 Å². The number of aromatic nitrogens is 3. The highest BCUT2D eigenvalue weighted by molar-refractivity contribution is 5.92. The van der Waals surface area contributed by atoms with Crippen LogP contribution in [0, 0.1) is 13.8 Å². The average molecular weight is 437 g/mol. The van der Waals surface area contributed by atoms with Gasteiger partial charge in [0.25, 0.3) is 5.92 Å². The molecule has 0 amide bonds. The molecule has 0 spiro atoms. The van der Waals surface area contributed by atoms with Crippen LogP contribution in [0.5, 0.6) is 0 Å².